The van der Waals surface area contributed by atoms with Gasteiger partial charge in [-0.1, -0.05) is 11.6 Å². The van der Waals surface area contributed by atoms with Gasteiger partial charge < -0.3 is 4.98 Å². The van der Waals surface area contributed by atoms with Crippen LogP contribution in [-0.4, -0.2) is 9.97 Å². The van der Waals surface area contributed by atoms with E-state index in [1.54, 1.807) is 0 Å². The highest BCUT2D eigenvalue weighted by Gasteiger charge is 2.07. The Morgan fingerprint density at radius 2 is 2.21 bits per heavy atom. The van der Waals surface area contributed by atoms with Crippen molar-refractivity contribution in [3.05, 3.63) is 44.2 Å². The highest BCUT2D eigenvalue weighted by molar-refractivity contribution is 5.18. The minimum absolute atomic E-state index is 0.276. The molecule has 0 unspecified atom stereocenters. The van der Waals surface area contributed by atoms with Crippen molar-refractivity contribution in [3.63, 3.8) is 0 Å². The van der Waals surface area contributed by atoms with E-state index in [1.165, 1.54) is 18.2 Å². The fourth-order valence-electron chi connectivity index (χ4n) is 1.71. The molecule has 1 aliphatic rings. The smallest absolute Gasteiger partial charge is 0.314 e. The third-order valence-electron chi connectivity index (χ3n) is 2.45. The van der Waals surface area contributed by atoms with Crippen molar-refractivity contribution in [1.29, 1.82) is 0 Å². The summed E-state index contributed by atoms with van der Waals surface area (Å²) in [6, 6.07) is 0. The summed E-state index contributed by atoms with van der Waals surface area (Å²) < 4.78 is 0. The molecule has 0 bridgehead atoms. The normalized spacial score (nSPS) is 15.6. The molecule has 4 heteroatoms. The lowest BCUT2D eigenvalue weighted by Crippen LogP contribution is -2.24. The Kier molecular flexibility index (Phi) is 2.35. The first-order valence-corrected chi connectivity index (χ1v) is 4.74. The highest BCUT2D eigenvalue weighted by Crippen LogP contribution is 2.19. The zero-order valence-electron chi connectivity index (χ0n) is 7.80. The summed E-state index contributed by atoms with van der Waals surface area (Å²) in [7, 11) is 0. The average Bonchev–Trinajstić information content (AvgIpc) is 2.62. The molecule has 0 aromatic carbocycles. The largest absolute Gasteiger partial charge is 0.325 e. The predicted molar refractivity (Wildman–Crippen MR) is 53.3 cm³/mol. The van der Waals surface area contributed by atoms with Crippen LogP contribution in [0.2, 0.25) is 0 Å². The zero-order chi connectivity index (χ0) is 9.97. The molecule has 1 aromatic rings. The van der Waals surface area contributed by atoms with Gasteiger partial charge >= 0.3 is 5.69 Å². The molecule has 0 fully saturated rings. The van der Waals surface area contributed by atoms with Gasteiger partial charge in [-0.15, -0.1) is 0 Å². The van der Waals surface area contributed by atoms with Gasteiger partial charge in [0.1, 0.15) is 0 Å². The van der Waals surface area contributed by atoms with E-state index < -0.39 is 5.69 Å². The molecule has 0 amide bonds. The number of nitrogens with one attached hydrogen (secondary N) is 2. The van der Waals surface area contributed by atoms with E-state index in [4.69, 9.17) is 0 Å². The van der Waals surface area contributed by atoms with Gasteiger partial charge in [0.05, 0.1) is 0 Å². The summed E-state index contributed by atoms with van der Waals surface area (Å²) in [4.78, 5) is 26.8. The average molecular weight is 192 g/mol. The van der Waals surface area contributed by atoms with Crippen molar-refractivity contribution in [2.45, 2.75) is 25.7 Å². The van der Waals surface area contributed by atoms with Crippen LogP contribution in [0.15, 0.2) is 27.4 Å². The molecular formula is C10H12N2O2. The van der Waals surface area contributed by atoms with Crippen molar-refractivity contribution in [3.8, 4) is 0 Å². The molecule has 1 aromatic heterocycles. The lowest BCUT2D eigenvalue weighted by molar-refractivity contribution is 0.876. The van der Waals surface area contributed by atoms with E-state index in [-0.39, 0.29) is 5.56 Å². The number of H-pyrrole nitrogens is 2. The molecular weight excluding hydrogens is 180 g/mol. The molecule has 0 aliphatic heterocycles. The van der Waals surface area contributed by atoms with E-state index in [0.29, 0.717) is 12.0 Å². The Hall–Kier alpha value is -1.58. The Labute approximate surface area is 80.7 Å². The molecule has 1 heterocycles. The molecule has 74 valence electrons. The van der Waals surface area contributed by atoms with Crippen molar-refractivity contribution >= 4 is 0 Å². The van der Waals surface area contributed by atoms with Crippen LogP contribution in [0.4, 0.5) is 0 Å². The van der Waals surface area contributed by atoms with Gasteiger partial charge in [0.2, 0.25) is 0 Å². The van der Waals surface area contributed by atoms with Gasteiger partial charge in [0.25, 0.3) is 5.56 Å². The second-order valence-corrected chi connectivity index (χ2v) is 3.53. The summed E-state index contributed by atoms with van der Waals surface area (Å²) in [5.74, 6) is 0. The van der Waals surface area contributed by atoms with Crippen LogP contribution in [0.1, 0.15) is 24.8 Å². The van der Waals surface area contributed by atoms with Crippen molar-refractivity contribution in [2.24, 2.45) is 0 Å². The molecule has 1 aliphatic carbocycles. The van der Waals surface area contributed by atoms with Crippen LogP contribution in [0.5, 0.6) is 0 Å². The van der Waals surface area contributed by atoms with E-state index in [2.05, 4.69) is 16.0 Å². The van der Waals surface area contributed by atoms with Gasteiger partial charge in [-0.2, -0.15) is 0 Å². The topological polar surface area (TPSA) is 65.7 Å². The maximum Gasteiger partial charge on any atom is 0.325 e. The summed E-state index contributed by atoms with van der Waals surface area (Å²) in [5, 5.41) is 0. The third-order valence-corrected chi connectivity index (χ3v) is 2.45. The van der Waals surface area contributed by atoms with Gasteiger partial charge in [0.15, 0.2) is 0 Å². The summed E-state index contributed by atoms with van der Waals surface area (Å²) in [6.45, 7) is 0. The SMILES string of the molecule is O=c1[nH]cc(CC2=CCCC2)c(=O)[nH]1. The highest BCUT2D eigenvalue weighted by atomic mass is 16.2. The van der Waals surface area contributed by atoms with Crippen LogP contribution in [0.3, 0.4) is 0 Å². The molecule has 0 atom stereocenters. The monoisotopic (exact) mass is 192 g/mol. The van der Waals surface area contributed by atoms with Crippen LogP contribution < -0.4 is 11.2 Å². The molecule has 0 saturated carbocycles. The minimum Gasteiger partial charge on any atom is -0.314 e. The number of rotatable bonds is 2. The maximum atomic E-state index is 11.3. The number of hydrogen-bond acceptors (Lipinski definition) is 2. The second kappa shape index (κ2) is 3.65. The number of aromatic amines is 2. The molecule has 0 saturated heterocycles. The Morgan fingerprint density at radius 3 is 2.86 bits per heavy atom. The van der Waals surface area contributed by atoms with E-state index >= 15 is 0 Å². The van der Waals surface area contributed by atoms with Crippen LogP contribution in [0, 0.1) is 0 Å². The summed E-state index contributed by atoms with van der Waals surface area (Å²) >= 11 is 0. The third kappa shape index (κ3) is 1.84. The first kappa shape index (κ1) is 8.99. The molecule has 0 radical (unpaired) electrons. The number of aromatic nitrogens is 2. The first-order chi connectivity index (χ1) is 6.75. The van der Waals surface area contributed by atoms with E-state index in [9.17, 15) is 9.59 Å². The fraction of sp³-hybridized carbons (Fsp3) is 0.400. The van der Waals surface area contributed by atoms with Crippen LogP contribution in [0.25, 0.3) is 0 Å². The molecule has 0 spiro atoms. The summed E-state index contributed by atoms with van der Waals surface area (Å²) in [6.07, 6.45) is 7.68. The standard InChI is InChI=1S/C10H12N2O2/c13-9-8(6-11-10(14)12-9)5-7-3-1-2-4-7/h3,6H,1-2,4-5H2,(H2,11,12,13,14). The predicted octanol–water partition coefficient (Wildman–Crippen LogP) is 0.716. The Bertz CT molecular complexity index is 468. The molecule has 2 N–H and O–H groups in total. The van der Waals surface area contributed by atoms with Gasteiger partial charge in [-0.3, -0.25) is 9.78 Å². The van der Waals surface area contributed by atoms with Gasteiger partial charge in [-0.25, -0.2) is 4.79 Å². The molecule has 2 rings (SSSR count). The summed E-state index contributed by atoms with van der Waals surface area (Å²) in [5.41, 5.74) is 1.21. The van der Waals surface area contributed by atoms with E-state index in [0.717, 1.165) is 12.8 Å². The van der Waals surface area contributed by atoms with Crippen LogP contribution in [-0.2, 0) is 6.42 Å². The number of hydrogen-bond donors (Lipinski definition) is 2. The number of allylic oxidation sites excluding steroid dienone is 2. The Balaban J connectivity index is 2.25. The van der Waals surface area contributed by atoms with Crippen LogP contribution >= 0.6 is 0 Å². The zero-order valence-corrected chi connectivity index (χ0v) is 7.80. The lowest BCUT2D eigenvalue weighted by Gasteiger charge is -1.99. The van der Waals surface area contributed by atoms with Gasteiger partial charge in [-0.05, 0) is 19.3 Å². The lowest BCUT2D eigenvalue weighted by atomic mass is 10.1. The molecule has 4 nitrogen and oxygen atoms in total. The second-order valence-electron chi connectivity index (χ2n) is 3.53. The quantitative estimate of drug-likeness (QED) is 0.678. The van der Waals surface area contributed by atoms with Crippen molar-refractivity contribution in [1.82, 2.24) is 9.97 Å². The first-order valence-electron chi connectivity index (χ1n) is 4.74. The molecule has 14 heavy (non-hydrogen) atoms. The van der Waals surface area contributed by atoms with Crippen molar-refractivity contribution < 1.29 is 0 Å². The fourth-order valence-corrected chi connectivity index (χ4v) is 1.71. The Morgan fingerprint density at radius 1 is 1.36 bits per heavy atom. The van der Waals surface area contributed by atoms with Gasteiger partial charge in [0, 0.05) is 18.2 Å². The van der Waals surface area contributed by atoms with Crippen molar-refractivity contribution in [2.75, 3.05) is 0 Å². The van der Waals surface area contributed by atoms with E-state index in [1.807, 2.05) is 0 Å². The maximum absolute atomic E-state index is 11.3. The minimum atomic E-state index is -0.445.